The lowest BCUT2D eigenvalue weighted by Crippen LogP contribution is -2.39. The van der Waals surface area contributed by atoms with Gasteiger partial charge in [-0.3, -0.25) is 0 Å². The van der Waals surface area contributed by atoms with Crippen molar-refractivity contribution in [3.05, 3.63) is 65.2 Å². The molecule has 0 amide bonds. The predicted molar refractivity (Wildman–Crippen MR) is 107 cm³/mol. The summed E-state index contributed by atoms with van der Waals surface area (Å²) in [4.78, 5) is 0.233. The molecule has 2 rings (SSSR count). The summed E-state index contributed by atoms with van der Waals surface area (Å²) >= 11 is 6.09. The Morgan fingerprint density at radius 3 is 2.26 bits per heavy atom. The van der Waals surface area contributed by atoms with Crippen molar-refractivity contribution in [2.75, 3.05) is 14.2 Å². The molecule has 0 saturated heterocycles. The Bertz CT molecular complexity index is 810. The van der Waals surface area contributed by atoms with Gasteiger partial charge in [-0.15, -0.1) is 0 Å². The summed E-state index contributed by atoms with van der Waals surface area (Å²) in [6.45, 7) is 2.05. The summed E-state index contributed by atoms with van der Waals surface area (Å²) in [5.41, 5.74) is 1.05. The zero-order chi connectivity index (χ0) is 19.9. The average molecular weight is 412 g/mol. The molecule has 0 radical (unpaired) electrons. The summed E-state index contributed by atoms with van der Waals surface area (Å²) in [5, 5.41) is 0.660. The highest BCUT2D eigenvalue weighted by Crippen LogP contribution is 2.26. The Kier molecular flexibility index (Phi) is 8.26. The fourth-order valence-electron chi connectivity index (χ4n) is 2.98. The molecule has 0 aromatic heterocycles. The third kappa shape index (κ3) is 6.59. The molecule has 2 aromatic rings. The molecule has 7 heteroatoms. The van der Waals surface area contributed by atoms with Crippen molar-refractivity contribution in [1.82, 2.24) is 4.72 Å². The number of ether oxygens (including phenoxy) is 2. The van der Waals surface area contributed by atoms with Gasteiger partial charge in [0.15, 0.2) is 6.29 Å². The van der Waals surface area contributed by atoms with Crippen LogP contribution in [0.3, 0.4) is 0 Å². The molecule has 0 aliphatic rings. The van der Waals surface area contributed by atoms with Crippen molar-refractivity contribution in [3.8, 4) is 0 Å². The topological polar surface area (TPSA) is 64.6 Å². The molecule has 0 aliphatic heterocycles. The molecule has 0 heterocycles. The minimum Gasteiger partial charge on any atom is -0.356 e. The molecule has 5 nitrogen and oxygen atoms in total. The van der Waals surface area contributed by atoms with E-state index < -0.39 is 16.3 Å². The molecular weight excluding hydrogens is 386 g/mol. The number of rotatable bonds is 10. The first kappa shape index (κ1) is 21.9. The van der Waals surface area contributed by atoms with Gasteiger partial charge in [-0.2, -0.15) is 0 Å². The molecule has 2 unspecified atom stereocenters. The maximum atomic E-state index is 12.8. The van der Waals surface area contributed by atoms with E-state index >= 15 is 0 Å². The normalized spacial score (nSPS) is 14.3. The molecule has 0 aliphatic carbocycles. The van der Waals surface area contributed by atoms with Crippen molar-refractivity contribution < 1.29 is 17.9 Å². The van der Waals surface area contributed by atoms with E-state index in [1.54, 1.807) is 30.3 Å². The van der Waals surface area contributed by atoms with Gasteiger partial charge >= 0.3 is 0 Å². The fourth-order valence-corrected chi connectivity index (χ4v) is 4.46. The van der Waals surface area contributed by atoms with Crippen molar-refractivity contribution in [3.63, 3.8) is 0 Å². The average Bonchev–Trinajstić information content (AvgIpc) is 2.66. The van der Waals surface area contributed by atoms with Gasteiger partial charge in [0.25, 0.3) is 0 Å². The number of benzene rings is 2. The Labute approximate surface area is 166 Å². The molecule has 1 N–H and O–H groups in total. The molecule has 0 saturated carbocycles. The van der Waals surface area contributed by atoms with E-state index in [9.17, 15) is 8.42 Å². The van der Waals surface area contributed by atoms with Crippen LogP contribution in [0, 0.1) is 0 Å². The van der Waals surface area contributed by atoms with Crippen LogP contribution in [-0.4, -0.2) is 35.0 Å². The van der Waals surface area contributed by atoms with E-state index in [4.69, 9.17) is 21.1 Å². The number of nitrogens with one attached hydrogen (secondary N) is 1. The van der Waals surface area contributed by atoms with Crippen LogP contribution in [0.1, 0.15) is 31.2 Å². The van der Waals surface area contributed by atoms with Gasteiger partial charge in [0, 0.05) is 31.7 Å². The highest BCUT2D eigenvalue weighted by Gasteiger charge is 2.25. The third-order valence-corrected chi connectivity index (χ3v) is 6.21. The minimum atomic E-state index is -3.64. The monoisotopic (exact) mass is 411 g/mol. The second-order valence-corrected chi connectivity index (χ2v) is 8.61. The third-order valence-electron chi connectivity index (χ3n) is 4.43. The smallest absolute Gasteiger partial charge is 0.240 e. The number of methoxy groups -OCH3 is 2. The van der Waals surface area contributed by atoms with E-state index in [1.165, 1.54) is 14.2 Å². The van der Waals surface area contributed by atoms with E-state index in [2.05, 4.69) is 4.72 Å². The van der Waals surface area contributed by atoms with Crippen LogP contribution in [0.15, 0.2) is 59.5 Å². The van der Waals surface area contributed by atoms with Gasteiger partial charge in [-0.25, -0.2) is 13.1 Å². The number of sulfonamides is 1. The van der Waals surface area contributed by atoms with Crippen LogP contribution in [0.4, 0.5) is 0 Å². The van der Waals surface area contributed by atoms with Crippen molar-refractivity contribution in [2.24, 2.45) is 0 Å². The van der Waals surface area contributed by atoms with Gasteiger partial charge in [0.05, 0.1) is 4.90 Å². The molecular formula is C20H26ClNO4S. The van der Waals surface area contributed by atoms with Gasteiger partial charge in [0.2, 0.25) is 10.0 Å². The van der Waals surface area contributed by atoms with Crippen molar-refractivity contribution in [2.45, 2.75) is 42.9 Å². The summed E-state index contributed by atoms with van der Waals surface area (Å²) < 4.78 is 38.9. The van der Waals surface area contributed by atoms with Gasteiger partial charge < -0.3 is 9.47 Å². The van der Waals surface area contributed by atoms with Crippen LogP contribution in [0.2, 0.25) is 5.02 Å². The van der Waals surface area contributed by atoms with Crippen molar-refractivity contribution >= 4 is 21.6 Å². The largest absolute Gasteiger partial charge is 0.356 e. The zero-order valence-corrected chi connectivity index (χ0v) is 17.3. The zero-order valence-electron chi connectivity index (χ0n) is 15.8. The van der Waals surface area contributed by atoms with Gasteiger partial charge in [0.1, 0.15) is 0 Å². The lowest BCUT2D eigenvalue weighted by atomic mass is 9.93. The molecule has 2 aromatic carbocycles. The lowest BCUT2D eigenvalue weighted by molar-refractivity contribution is -0.110. The molecule has 0 fully saturated rings. The Morgan fingerprint density at radius 2 is 1.67 bits per heavy atom. The SMILES string of the molecule is COC(CC(CC(C)c1cccc(Cl)c1)NS(=O)(=O)c1ccccc1)OC. The summed E-state index contributed by atoms with van der Waals surface area (Å²) in [6, 6.07) is 15.6. The number of hydrogen-bond donors (Lipinski definition) is 1. The Hall–Kier alpha value is -1.44. The highest BCUT2D eigenvalue weighted by molar-refractivity contribution is 7.89. The first-order valence-electron chi connectivity index (χ1n) is 8.74. The number of hydrogen-bond acceptors (Lipinski definition) is 4. The first-order chi connectivity index (χ1) is 12.9. The van der Waals surface area contributed by atoms with E-state index in [0.29, 0.717) is 17.9 Å². The van der Waals surface area contributed by atoms with Crippen LogP contribution >= 0.6 is 11.6 Å². The van der Waals surface area contributed by atoms with Gasteiger partial charge in [-0.05, 0) is 42.2 Å². The molecule has 2 atom stereocenters. The summed E-state index contributed by atoms with van der Waals surface area (Å²) in [7, 11) is -0.567. The molecule has 0 spiro atoms. The standard InChI is InChI=1S/C20H26ClNO4S/c1-15(16-8-7-9-17(21)13-16)12-18(14-20(25-2)26-3)22-27(23,24)19-10-5-4-6-11-19/h4-11,13,15,18,20,22H,12,14H2,1-3H3. The molecule has 27 heavy (non-hydrogen) atoms. The summed E-state index contributed by atoms with van der Waals surface area (Å²) in [5.74, 6) is 0.0986. The Balaban J connectivity index is 2.20. The summed E-state index contributed by atoms with van der Waals surface area (Å²) in [6.07, 6.45) is 0.472. The fraction of sp³-hybridized carbons (Fsp3) is 0.400. The number of halogens is 1. The molecule has 0 bridgehead atoms. The lowest BCUT2D eigenvalue weighted by Gasteiger charge is -2.25. The second kappa shape index (κ2) is 10.2. The maximum absolute atomic E-state index is 12.8. The van der Waals surface area contributed by atoms with Crippen LogP contribution in [-0.2, 0) is 19.5 Å². The van der Waals surface area contributed by atoms with Crippen LogP contribution < -0.4 is 4.72 Å². The van der Waals surface area contributed by atoms with E-state index in [0.717, 1.165) is 5.56 Å². The highest BCUT2D eigenvalue weighted by atomic mass is 35.5. The minimum absolute atomic E-state index is 0.0986. The van der Waals surface area contributed by atoms with E-state index in [-0.39, 0.29) is 16.9 Å². The van der Waals surface area contributed by atoms with Crippen molar-refractivity contribution in [1.29, 1.82) is 0 Å². The first-order valence-corrected chi connectivity index (χ1v) is 10.6. The Morgan fingerprint density at radius 1 is 1.00 bits per heavy atom. The molecule has 148 valence electrons. The van der Waals surface area contributed by atoms with Crippen LogP contribution in [0.5, 0.6) is 0 Å². The maximum Gasteiger partial charge on any atom is 0.240 e. The second-order valence-electron chi connectivity index (χ2n) is 6.46. The van der Waals surface area contributed by atoms with Gasteiger partial charge in [-0.1, -0.05) is 48.9 Å². The quantitative estimate of drug-likeness (QED) is 0.595. The van der Waals surface area contributed by atoms with E-state index in [1.807, 2.05) is 31.2 Å². The van der Waals surface area contributed by atoms with Crippen LogP contribution in [0.25, 0.3) is 0 Å². The predicted octanol–water partition coefficient (Wildman–Crippen LogP) is 4.19.